The number of hydrogen-bond acceptors (Lipinski definition) is 4. The van der Waals surface area contributed by atoms with Gasteiger partial charge >= 0.3 is 0 Å². The Morgan fingerprint density at radius 2 is 1.75 bits per heavy atom. The fourth-order valence-corrected chi connectivity index (χ4v) is 2.95. The van der Waals surface area contributed by atoms with E-state index in [1.807, 2.05) is 18.2 Å². The van der Waals surface area contributed by atoms with Gasteiger partial charge in [-0.3, -0.25) is 9.59 Å². The number of amides is 2. The van der Waals surface area contributed by atoms with E-state index in [0.717, 1.165) is 11.6 Å². The number of rotatable bonds is 9. The van der Waals surface area contributed by atoms with E-state index < -0.39 is 11.7 Å². The van der Waals surface area contributed by atoms with Crippen molar-refractivity contribution in [1.82, 2.24) is 10.6 Å². The van der Waals surface area contributed by atoms with Gasteiger partial charge in [0.05, 0.1) is 19.8 Å². The molecule has 0 fully saturated rings. The molecule has 2 aromatic rings. The van der Waals surface area contributed by atoms with Crippen molar-refractivity contribution >= 4 is 27.7 Å². The Morgan fingerprint density at radius 3 is 2.46 bits per heavy atom. The van der Waals surface area contributed by atoms with Crippen LogP contribution in [0, 0.1) is 5.82 Å². The monoisotopic (exact) mass is 452 g/mol. The van der Waals surface area contributed by atoms with Gasteiger partial charge in [-0.1, -0.05) is 6.07 Å². The molecule has 0 saturated heterocycles. The minimum absolute atomic E-state index is 0.130. The van der Waals surface area contributed by atoms with Crippen LogP contribution in [-0.2, 0) is 11.2 Å². The molecule has 2 N–H and O–H groups in total. The molecule has 0 aromatic heterocycles. The quantitative estimate of drug-likeness (QED) is 0.612. The Kier molecular flexibility index (Phi) is 8.25. The summed E-state index contributed by atoms with van der Waals surface area (Å²) < 4.78 is 24.2. The summed E-state index contributed by atoms with van der Waals surface area (Å²) in [5, 5.41) is 5.41. The summed E-state index contributed by atoms with van der Waals surface area (Å²) in [4.78, 5) is 24.0. The molecule has 0 bridgehead atoms. The van der Waals surface area contributed by atoms with Crippen LogP contribution in [0.25, 0.3) is 0 Å². The Balaban J connectivity index is 1.73. The molecule has 0 unspecified atom stereocenters. The second-order valence-corrected chi connectivity index (χ2v) is 6.77. The van der Waals surface area contributed by atoms with Gasteiger partial charge < -0.3 is 20.1 Å². The molecule has 6 nitrogen and oxygen atoms in total. The lowest BCUT2D eigenvalue weighted by atomic mass is 10.1. The molecule has 0 aliphatic rings. The summed E-state index contributed by atoms with van der Waals surface area (Å²) >= 11 is 3.20. The second-order valence-electron chi connectivity index (χ2n) is 5.92. The predicted molar refractivity (Wildman–Crippen MR) is 107 cm³/mol. The van der Waals surface area contributed by atoms with E-state index in [1.165, 1.54) is 12.1 Å². The zero-order chi connectivity index (χ0) is 20.5. The SMILES string of the molecule is COc1ccc(CCNC(=O)CCNC(=O)c2cc(F)ccc2Br)cc1OC. The van der Waals surface area contributed by atoms with E-state index in [9.17, 15) is 14.0 Å². The highest BCUT2D eigenvalue weighted by molar-refractivity contribution is 9.10. The second kappa shape index (κ2) is 10.7. The lowest BCUT2D eigenvalue weighted by molar-refractivity contribution is -0.120. The number of methoxy groups -OCH3 is 2. The standard InChI is InChI=1S/C20H22BrFN2O4/c1-27-17-6-3-13(11-18(17)28-2)7-9-23-19(25)8-10-24-20(26)15-12-14(22)4-5-16(15)21/h3-6,11-12H,7-10H2,1-2H3,(H,23,25)(H,24,26). The van der Waals surface area contributed by atoms with Crippen LogP contribution in [0.4, 0.5) is 4.39 Å². The lowest BCUT2D eigenvalue weighted by Crippen LogP contribution is -2.31. The van der Waals surface area contributed by atoms with Gasteiger partial charge in [0.1, 0.15) is 5.82 Å². The van der Waals surface area contributed by atoms with Crippen molar-refractivity contribution in [1.29, 1.82) is 0 Å². The summed E-state index contributed by atoms with van der Waals surface area (Å²) in [6.45, 7) is 0.613. The summed E-state index contributed by atoms with van der Waals surface area (Å²) in [5.41, 5.74) is 1.19. The lowest BCUT2D eigenvalue weighted by Gasteiger charge is -2.10. The zero-order valence-electron chi connectivity index (χ0n) is 15.7. The molecular formula is C20H22BrFN2O4. The molecule has 0 aliphatic heterocycles. The number of ether oxygens (including phenoxy) is 2. The maximum Gasteiger partial charge on any atom is 0.252 e. The molecule has 0 aliphatic carbocycles. The van der Waals surface area contributed by atoms with Crippen LogP contribution < -0.4 is 20.1 Å². The zero-order valence-corrected chi connectivity index (χ0v) is 17.3. The van der Waals surface area contributed by atoms with E-state index in [-0.39, 0.29) is 24.4 Å². The Bertz CT molecular complexity index is 845. The maximum absolute atomic E-state index is 13.2. The van der Waals surface area contributed by atoms with E-state index in [2.05, 4.69) is 26.6 Å². The van der Waals surface area contributed by atoms with Crippen LogP contribution in [0.1, 0.15) is 22.3 Å². The molecular weight excluding hydrogens is 431 g/mol. The first-order chi connectivity index (χ1) is 13.4. The van der Waals surface area contributed by atoms with Crippen molar-refractivity contribution < 1.29 is 23.5 Å². The molecule has 0 atom stereocenters. The molecule has 2 aromatic carbocycles. The number of carbonyl (C=O) groups excluding carboxylic acids is 2. The highest BCUT2D eigenvalue weighted by Crippen LogP contribution is 2.27. The highest BCUT2D eigenvalue weighted by atomic mass is 79.9. The summed E-state index contributed by atoms with van der Waals surface area (Å²) in [7, 11) is 3.14. The van der Waals surface area contributed by atoms with Gasteiger partial charge in [0.15, 0.2) is 11.5 Å². The van der Waals surface area contributed by atoms with Crippen LogP contribution in [-0.4, -0.2) is 39.1 Å². The van der Waals surface area contributed by atoms with E-state index in [1.54, 1.807) is 14.2 Å². The van der Waals surface area contributed by atoms with Crippen LogP contribution in [0.2, 0.25) is 0 Å². The van der Waals surface area contributed by atoms with E-state index in [0.29, 0.717) is 28.9 Å². The van der Waals surface area contributed by atoms with Gasteiger partial charge in [-0.25, -0.2) is 4.39 Å². The maximum atomic E-state index is 13.2. The molecule has 0 spiro atoms. The largest absolute Gasteiger partial charge is 0.493 e. The topological polar surface area (TPSA) is 76.7 Å². The van der Waals surface area contributed by atoms with Crippen molar-refractivity contribution in [3.8, 4) is 11.5 Å². The van der Waals surface area contributed by atoms with Crippen LogP contribution in [0.3, 0.4) is 0 Å². The third-order valence-corrected chi connectivity index (χ3v) is 4.69. The van der Waals surface area contributed by atoms with Crippen molar-refractivity contribution in [2.75, 3.05) is 27.3 Å². The number of halogens is 2. The minimum atomic E-state index is -0.499. The van der Waals surface area contributed by atoms with Gasteiger partial charge in [0.25, 0.3) is 5.91 Å². The molecule has 0 radical (unpaired) electrons. The van der Waals surface area contributed by atoms with Crippen molar-refractivity contribution in [3.63, 3.8) is 0 Å². The fourth-order valence-electron chi connectivity index (χ4n) is 2.53. The number of benzene rings is 2. The van der Waals surface area contributed by atoms with Crippen molar-refractivity contribution in [3.05, 3.63) is 57.8 Å². The Hall–Kier alpha value is -2.61. The molecule has 0 heterocycles. The molecule has 28 heavy (non-hydrogen) atoms. The van der Waals surface area contributed by atoms with Crippen LogP contribution in [0.5, 0.6) is 11.5 Å². The number of carbonyl (C=O) groups is 2. The molecule has 150 valence electrons. The molecule has 0 saturated carbocycles. The van der Waals surface area contributed by atoms with E-state index in [4.69, 9.17) is 9.47 Å². The molecule has 2 amide bonds. The molecule has 8 heteroatoms. The van der Waals surface area contributed by atoms with Gasteiger partial charge in [0, 0.05) is 24.0 Å². The van der Waals surface area contributed by atoms with Gasteiger partial charge in [-0.2, -0.15) is 0 Å². The number of nitrogens with one attached hydrogen (secondary N) is 2. The van der Waals surface area contributed by atoms with Gasteiger partial charge in [0.2, 0.25) is 5.91 Å². The van der Waals surface area contributed by atoms with Gasteiger partial charge in [-0.15, -0.1) is 0 Å². The third kappa shape index (κ3) is 6.23. The van der Waals surface area contributed by atoms with Gasteiger partial charge in [-0.05, 0) is 58.2 Å². The summed E-state index contributed by atoms with van der Waals surface area (Å²) in [6, 6.07) is 9.45. The average Bonchev–Trinajstić information content (AvgIpc) is 2.69. The first-order valence-corrected chi connectivity index (χ1v) is 9.44. The van der Waals surface area contributed by atoms with Crippen LogP contribution in [0.15, 0.2) is 40.9 Å². The highest BCUT2D eigenvalue weighted by Gasteiger charge is 2.11. The Labute approximate surface area is 171 Å². The smallest absolute Gasteiger partial charge is 0.252 e. The number of hydrogen-bond donors (Lipinski definition) is 2. The average molecular weight is 453 g/mol. The normalized spacial score (nSPS) is 10.3. The van der Waals surface area contributed by atoms with Crippen molar-refractivity contribution in [2.45, 2.75) is 12.8 Å². The third-order valence-electron chi connectivity index (χ3n) is 3.99. The summed E-state index contributed by atoms with van der Waals surface area (Å²) in [6.07, 6.45) is 0.763. The first-order valence-electron chi connectivity index (χ1n) is 8.65. The van der Waals surface area contributed by atoms with Crippen molar-refractivity contribution in [2.24, 2.45) is 0 Å². The summed E-state index contributed by atoms with van der Waals surface area (Å²) in [5.74, 6) is 0.165. The van der Waals surface area contributed by atoms with E-state index >= 15 is 0 Å². The molecule has 2 rings (SSSR count). The minimum Gasteiger partial charge on any atom is -0.493 e. The first kappa shape index (κ1) is 21.7. The Morgan fingerprint density at radius 1 is 1.00 bits per heavy atom. The van der Waals surface area contributed by atoms with Crippen LogP contribution >= 0.6 is 15.9 Å². The predicted octanol–water partition coefficient (Wildman–Crippen LogP) is 3.08. The fraction of sp³-hybridized carbons (Fsp3) is 0.300.